The highest BCUT2D eigenvalue weighted by atomic mass is 32.1. The Bertz CT molecular complexity index is 769. The van der Waals surface area contributed by atoms with Crippen LogP contribution in [0.4, 0.5) is 5.82 Å². The number of rotatable bonds is 6. The number of aromatic nitrogens is 1. The summed E-state index contributed by atoms with van der Waals surface area (Å²) >= 11 is 1.69. The van der Waals surface area contributed by atoms with E-state index < -0.39 is 0 Å². The summed E-state index contributed by atoms with van der Waals surface area (Å²) in [5.74, 6) is 0.970. The van der Waals surface area contributed by atoms with Gasteiger partial charge in [0.15, 0.2) is 5.78 Å². The standard InChI is InChI=1S/C19H18N2OS/c1-15-7-5-11-20-19(15)21(13-17-10-6-12-23-17)14-18(22)16-8-3-2-4-9-16/h2-12H,13-14H2,1H3. The first-order valence-corrected chi connectivity index (χ1v) is 8.39. The summed E-state index contributed by atoms with van der Waals surface area (Å²) < 4.78 is 0. The second-order valence-corrected chi connectivity index (χ2v) is 6.40. The summed E-state index contributed by atoms with van der Waals surface area (Å²) in [5.41, 5.74) is 1.81. The fourth-order valence-corrected chi connectivity index (χ4v) is 3.21. The van der Waals surface area contributed by atoms with Crippen molar-refractivity contribution >= 4 is 22.9 Å². The number of aryl methyl sites for hydroxylation is 1. The second kappa shape index (κ2) is 7.20. The summed E-state index contributed by atoms with van der Waals surface area (Å²) in [6.07, 6.45) is 1.77. The average molecular weight is 322 g/mol. The molecule has 3 rings (SSSR count). The Labute approximate surface area is 140 Å². The molecule has 116 valence electrons. The third-order valence-corrected chi connectivity index (χ3v) is 4.50. The molecule has 0 N–H and O–H groups in total. The molecule has 0 atom stereocenters. The number of ketones is 1. The Morgan fingerprint density at radius 1 is 1.09 bits per heavy atom. The van der Waals surface area contributed by atoms with E-state index in [1.54, 1.807) is 17.5 Å². The van der Waals surface area contributed by atoms with Crippen molar-refractivity contribution in [2.45, 2.75) is 13.5 Å². The molecule has 2 heterocycles. The molecule has 0 fully saturated rings. The summed E-state index contributed by atoms with van der Waals surface area (Å²) in [6, 6.07) is 17.5. The van der Waals surface area contributed by atoms with Crippen molar-refractivity contribution in [1.82, 2.24) is 4.98 Å². The van der Waals surface area contributed by atoms with E-state index in [-0.39, 0.29) is 5.78 Å². The summed E-state index contributed by atoms with van der Waals surface area (Å²) in [5, 5.41) is 2.05. The molecule has 0 aliphatic carbocycles. The van der Waals surface area contributed by atoms with E-state index in [0.717, 1.165) is 16.9 Å². The summed E-state index contributed by atoms with van der Waals surface area (Å²) in [4.78, 5) is 20.4. The van der Waals surface area contributed by atoms with Crippen molar-refractivity contribution in [1.29, 1.82) is 0 Å². The number of hydrogen-bond donors (Lipinski definition) is 0. The molecule has 3 aromatic rings. The van der Waals surface area contributed by atoms with Crippen LogP contribution in [0.2, 0.25) is 0 Å². The predicted octanol–water partition coefficient (Wildman–Crippen LogP) is 4.34. The van der Waals surface area contributed by atoms with Crippen LogP contribution in [0.3, 0.4) is 0 Å². The van der Waals surface area contributed by atoms with Crippen LogP contribution in [0.5, 0.6) is 0 Å². The molecule has 23 heavy (non-hydrogen) atoms. The third-order valence-electron chi connectivity index (χ3n) is 3.64. The normalized spacial score (nSPS) is 10.5. The molecular weight excluding hydrogens is 304 g/mol. The van der Waals surface area contributed by atoms with Crippen LogP contribution < -0.4 is 4.90 Å². The molecular formula is C19H18N2OS. The van der Waals surface area contributed by atoms with Crippen LogP contribution in [0.15, 0.2) is 66.2 Å². The van der Waals surface area contributed by atoms with E-state index in [4.69, 9.17) is 0 Å². The lowest BCUT2D eigenvalue weighted by Gasteiger charge is -2.24. The maximum atomic E-state index is 12.6. The highest BCUT2D eigenvalue weighted by Gasteiger charge is 2.16. The minimum absolute atomic E-state index is 0.104. The van der Waals surface area contributed by atoms with Crippen LogP contribution >= 0.6 is 11.3 Å². The van der Waals surface area contributed by atoms with Crippen molar-refractivity contribution in [2.24, 2.45) is 0 Å². The lowest BCUT2D eigenvalue weighted by Crippen LogP contribution is -2.30. The molecule has 0 radical (unpaired) electrons. The van der Waals surface area contributed by atoms with E-state index in [2.05, 4.69) is 21.3 Å². The van der Waals surface area contributed by atoms with E-state index in [9.17, 15) is 4.79 Å². The quantitative estimate of drug-likeness (QED) is 0.633. The van der Waals surface area contributed by atoms with E-state index in [1.165, 1.54) is 4.88 Å². The van der Waals surface area contributed by atoms with E-state index in [1.807, 2.05) is 55.5 Å². The molecule has 0 aliphatic rings. The molecule has 0 saturated heterocycles. The zero-order chi connectivity index (χ0) is 16.1. The van der Waals surface area contributed by atoms with Gasteiger partial charge in [-0.2, -0.15) is 0 Å². The first kappa shape index (κ1) is 15.4. The fourth-order valence-electron chi connectivity index (χ4n) is 2.49. The number of anilines is 1. The van der Waals surface area contributed by atoms with Gasteiger partial charge >= 0.3 is 0 Å². The van der Waals surface area contributed by atoms with Crippen LogP contribution in [0.1, 0.15) is 20.8 Å². The predicted molar refractivity (Wildman–Crippen MR) is 95.1 cm³/mol. The Morgan fingerprint density at radius 3 is 2.61 bits per heavy atom. The van der Waals surface area contributed by atoms with Crippen molar-refractivity contribution in [2.75, 3.05) is 11.4 Å². The minimum Gasteiger partial charge on any atom is -0.344 e. The first-order chi connectivity index (χ1) is 11.2. The number of carbonyl (C=O) groups excluding carboxylic acids is 1. The number of hydrogen-bond acceptors (Lipinski definition) is 4. The van der Waals surface area contributed by atoms with E-state index in [0.29, 0.717) is 13.1 Å². The van der Waals surface area contributed by atoms with Crippen molar-refractivity contribution < 1.29 is 4.79 Å². The van der Waals surface area contributed by atoms with Gasteiger partial charge < -0.3 is 4.90 Å². The van der Waals surface area contributed by atoms with Gasteiger partial charge in [0, 0.05) is 16.6 Å². The number of nitrogens with zero attached hydrogens (tertiary/aromatic N) is 2. The van der Waals surface area contributed by atoms with Gasteiger partial charge in [0.05, 0.1) is 13.1 Å². The van der Waals surface area contributed by atoms with Gasteiger partial charge in [-0.3, -0.25) is 4.79 Å². The van der Waals surface area contributed by atoms with Crippen LogP contribution in [0.25, 0.3) is 0 Å². The Balaban J connectivity index is 1.86. The van der Waals surface area contributed by atoms with Crippen molar-refractivity contribution in [3.05, 3.63) is 82.2 Å². The van der Waals surface area contributed by atoms with Crippen LogP contribution in [0, 0.1) is 6.92 Å². The van der Waals surface area contributed by atoms with Crippen LogP contribution in [-0.2, 0) is 6.54 Å². The van der Waals surface area contributed by atoms with Gasteiger partial charge in [-0.1, -0.05) is 42.5 Å². The molecule has 0 aliphatic heterocycles. The highest BCUT2D eigenvalue weighted by Crippen LogP contribution is 2.21. The zero-order valence-corrected chi connectivity index (χ0v) is 13.8. The number of benzene rings is 1. The minimum atomic E-state index is 0.104. The number of pyridine rings is 1. The SMILES string of the molecule is Cc1cccnc1N(CC(=O)c1ccccc1)Cc1cccs1. The van der Waals surface area contributed by atoms with Crippen molar-refractivity contribution in [3.63, 3.8) is 0 Å². The number of carbonyl (C=O) groups is 1. The van der Waals surface area contributed by atoms with Gasteiger partial charge in [-0.05, 0) is 30.0 Å². The maximum Gasteiger partial charge on any atom is 0.182 e. The smallest absolute Gasteiger partial charge is 0.182 e. The summed E-state index contributed by atoms with van der Waals surface area (Å²) in [6.45, 7) is 3.03. The van der Waals surface area contributed by atoms with Gasteiger partial charge in [-0.25, -0.2) is 4.98 Å². The Kier molecular flexibility index (Phi) is 4.83. The van der Waals surface area contributed by atoms with Crippen LogP contribution in [-0.4, -0.2) is 17.3 Å². The topological polar surface area (TPSA) is 33.2 Å². The molecule has 2 aromatic heterocycles. The molecule has 0 amide bonds. The monoisotopic (exact) mass is 322 g/mol. The summed E-state index contributed by atoms with van der Waals surface area (Å²) in [7, 11) is 0. The Morgan fingerprint density at radius 2 is 1.91 bits per heavy atom. The average Bonchev–Trinajstić information content (AvgIpc) is 3.08. The third kappa shape index (κ3) is 3.85. The lowest BCUT2D eigenvalue weighted by atomic mass is 10.1. The fraction of sp³-hybridized carbons (Fsp3) is 0.158. The number of Topliss-reactive ketones (excluding diaryl/α,β-unsaturated/α-hetero) is 1. The molecule has 1 aromatic carbocycles. The van der Waals surface area contributed by atoms with Crippen molar-refractivity contribution in [3.8, 4) is 0 Å². The number of thiophene rings is 1. The van der Waals surface area contributed by atoms with Gasteiger partial charge in [-0.15, -0.1) is 11.3 Å². The highest BCUT2D eigenvalue weighted by molar-refractivity contribution is 7.09. The van der Waals surface area contributed by atoms with Gasteiger partial charge in [0.2, 0.25) is 0 Å². The molecule has 0 bridgehead atoms. The zero-order valence-electron chi connectivity index (χ0n) is 13.0. The molecule has 0 saturated carbocycles. The van der Waals surface area contributed by atoms with Gasteiger partial charge in [0.25, 0.3) is 0 Å². The molecule has 4 heteroatoms. The molecule has 3 nitrogen and oxygen atoms in total. The maximum absolute atomic E-state index is 12.6. The second-order valence-electron chi connectivity index (χ2n) is 5.37. The lowest BCUT2D eigenvalue weighted by molar-refractivity contribution is 0.0998. The Hall–Kier alpha value is -2.46. The van der Waals surface area contributed by atoms with Gasteiger partial charge in [0.1, 0.15) is 5.82 Å². The molecule has 0 spiro atoms. The first-order valence-electron chi connectivity index (χ1n) is 7.51. The largest absolute Gasteiger partial charge is 0.344 e. The van der Waals surface area contributed by atoms with E-state index >= 15 is 0 Å². The molecule has 0 unspecified atom stereocenters.